The van der Waals surface area contributed by atoms with Crippen molar-refractivity contribution in [1.82, 2.24) is 0 Å². The Morgan fingerprint density at radius 3 is 1.67 bits per heavy atom. The maximum atomic E-state index is 5.28. The Kier molecular flexibility index (Phi) is 22.0. The fraction of sp³-hybridized carbons (Fsp3) is 0.857. The van der Waals surface area contributed by atoms with Crippen molar-refractivity contribution in [2.45, 2.75) is 65.2 Å². The summed E-state index contributed by atoms with van der Waals surface area (Å²) in [6.07, 6.45) is 11.1. The fourth-order valence-electron chi connectivity index (χ4n) is 1.48. The van der Waals surface area contributed by atoms with Gasteiger partial charge in [-0.2, -0.15) is 0 Å². The zero-order chi connectivity index (χ0) is 11.8. The molecule has 0 aromatic carbocycles. The van der Waals surface area contributed by atoms with Gasteiger partial charge < -0.3 is 4.74 Å². The van der Waals surface area contributed by atoms with E-state index in [1.165, 1.54) is 51.4 Å². The van der Waals surface area contributed by atoms with E-state index in [9.17, 15) is 0 Å². The van der Waals surface area contributed by atoms with Crippen molar-refractivity contribution in [1.29, 1.82) is 0 Å². The summed E-state index contributed by atoms with van der Waals surface area (Å²) in [5, 5.41) is 0. The minimum Gasteiger partial charge on any atom is -0.382 e. The molecule has 1 nitrogen and oxygen atoms in total. The van der Waals surface area contributed by atoms with Gasteiger partial charge in [-0.1, -0.05) is 51.9 Å². The molecular weight excluding hydrogens is 184 g/mol. The van der Waals surface area contributed by atoms with Crippen LogP contribution in [0.25, 0.3) is 0 Å². The zero-order valence-corrected chi connectivity index (χ0v) is 10.9. The number of hydrogen-bond acceptors (Lipinski definition) is 1. The SMILES string of the molecule is C=C.CCCCCCCCCCOCC. The van der Waals surface area contributed by atoms with Crippen LogP contribution >= 0.6 is 0 Å². The number of rotatable bonds is 10. The summed E-state index contributed by atoms with van der Waals surface area (Å²) < 4.78 is 5.28. The molecule has 0 bridgehead atoms. The summed E-state index contributed by atoms with van der Waals surface area (Å²) >= 11 is 0. The number of hydrogen-bond donors (Lipinski definition) is 0. The van der Waals surface area contributed by atoms with E-state index in [0.717, 1.165) is 13.2 Å². The lowest BCUT2D eigenvalue weighted by Gasteiger charge is -2.01. The van der Waals surface area contributed by atoms with Gasteiger partial charge in [0, 0.05) is 13.2 Å². The Balaban J connectivity index is 0. The third-order valence-electron chi connectivity index (χ3n) is 2.35. The van der Waals surface area contributed by atoms with Gasteiger partial charge in [0.2, 0.25) is 0 Å². The molecule has 1 heteroatoms. The van der Waals surface area contributed by atoms with Crippen LogP contribution in [0.4, 0.5) is 0 Å². The van der Waals surface area contributed by atoms with Crippen LogP contribution in [-0.2, 0) is 4.74 Å². The van der Waals surface area contributed by atoms with E-state index in [1.807, 2.05) is 0 Å². The first kappa shape index (κ1) is 17.1. The van der Waals surface area contributed by atoms with Crippen LogP contribution < -0.4 is 0 Å². The molecule has 0 spiro atoms. The maximum absolute atomic E-state index is 5.28. The highest BCUT2D eigenvalue weighted by atomic mass is 16.5. The molecular formula is C14H30O. The molecule has 0 aromatic rings. The normalized spacial score (nSPS) is 9.47. The van der Waals surface area contributed by atoms with Crippen molar-refractivity contribution >= 4 is 0 Å². The molecule has 0 saturated heterocycles. The maximum Gasteiger partial charge on any atom is 0.0465 e. The highest BCUT2D eigenvalue weighted by molar-refractivity contribution is 4.45. The van der Waals surface area contributed by atoms with E-state index >= 15 is 0 Å². The van der Waals surface area contributed by atoms with E-state index < -0.39 is 0 Å². The molecule has 92 valence electrons. The van der Waals surface area contributed by atoms with Crippen LogP contribution in [0.5, 0.6) is 0 Å². The van der Waals surface area contributed by atoms with Gasteiger partial charge in [-0.05, 0) is 13.3 Å². The quantitative estimate of drug-likeness (QED) is 0.369. The van der Waals surface area contributed by atoms with Gasteiger partial charge in [0.25, 0.3) is 0 Å². The lowest BCUT2D eigenvalue weighted by atomic mass is 10.1. The van der Waals surface area contributed by atoms with Crippen LogP contribution in [0.15, 0.2) is 13.2 Å². The van der Waals surface area contributed by atoms with Crippen molar-refractivity contribution in [3.05, 3.63) is 13.2 Å². The molecule has 0 aliphatic heterocycles. The van der Waals surface area contributed by atoms with Gasteiger partial charge in [-0.25, -0.2) is 0 Å². The molecule has 0 radical (unpaired) electrons. The number of unbranched alkanes of at least 4 members (excludes halogenated alkanes) is 7. The zero-order valence-electron chi connectivity index (χ0n) is 10.9. The minimum absolute atomic E-state index is 0.872. The van der Waals surface area contributed by atoms with Crippen LogP contribution in [-0.4, -0.2) is 13.2 Å². The highest BCUT2D eigenvalue weighted by Crippen LogP contribution is 2.08. The lowest BCUT2D eigenvalue weighted by molar-refractivity contribution is 0.143. The molecule has 0 amide bonds. The largest absolute Gasteiger partial charge is 0.382 e. The Labute approximate surface area is 96.9 Å². The standard InChI is InChI=1S/C12H26O.C2H4/c1-3-5-6-7-8-9-10-11-12-13-4-2;1-2/h3-12H2,1-2H3;1-2H2. The summed E-state index contributed by atoms with van der Waals surface area (Å²) in [5.41, 5.74) is 0. The Morgan fingerprint density at radius 1 is 0.733 bits per heavy atom. The Bertz CT molecular complexity index is 81.3. The van der Waals surface area contributed by atoms with Crippen molar-refractivity contribution in [2.75, 3.05) is 13.2 Å². The third-order valence-corrected chi connectivity index (χ3v) is 2.35. The Hall–Kier alpha value is -0.300. The summed E-state index contributed by atoms with van der Waals surface area (Å²) in [6, 6.07) is 0. The third kappa shape index (κ3) is 19.9. The second-order valence-corrected chi connectivity index (χ2v) is 3.67. The van der Waals surface area contributed by atoms with Crippen molar-refractivity contribution < 1.29 is 4.74 Å². The van der Waals surface area contributed by atoms with Gasteiger partial charge in [0.1, 0.15) is 0 Å². The van der Waals surface area contributed by atoms with Crippen LogP contribution in [0.1, 0.15) is 65.2 Å². The lowest BCUT2D eigenvalue weighted by Crippen LogP contribution is -1.92. The topological polar surface area (TPSA) is 9.23 Å². The Morgan fingerprint density at radius 2 is 1.20 bits per heavy atom. The van der Waals surface area contributed by atoms with Crippen molar-refractivity contribution in [2.24, 2.45) is 0 Å². The summed E-state index contributed by atoms with van der Waals surface area (Å²) in [4.78, 5) is 0. The molecule has 0 saturated carbocycles. The van der Waals surface area contributed by atoms with Crippen LogP contribution in [0, 0.1) is 0 Å². The average Bonchev–Trinajstić information content (AvgIpc) is 2.30. The highest BCUT2D eigenvalue weighted by Gasteiger charge is 1.90. The van der Waals surface area contributed by atoms with E-state index in [0.29, 0.717) is 0 Å². The smallest absolute Gasteiger partial charge is 0.0465 e. The van der Waals surface area contributed by atoms with E-state index in [4.69, 9.17) is 4.74 Å². The van der Waals surface area contributed by atoms with Crippen molar-refractivity contribution in [3.8, 4) is 0 Å². The predicted molar refractivity (Wildman–Crippen MR) is 70.4 cm³/mol. The fourth-order valence-corrected chi connectivity index (χ4v) is 1.48. The van der Waals surface area contributed by atoms with Crippen LogP contribution in [0.3, 0.4) is 0 Å². The van der Waals surface area contributed by atoms with Crippen LogP contribution in [0.2, 0.25) is 0 Å². The molecule has 0 unspecified atom stereocenters. The number of ether oxygens (including phenoxy) is 1. The first-order valence-electron chi connectivity index (χ1n) is 6.49. The minimum atomic E-state index is 0.872. The molecule has 0 atom stereocenters. The first-order chi connectivity index (χ1) is 7.41. The monoisotopic (exact) mass is 214 g/mol. The summed E-state index contributed by atoms with van der Waals surface area (Å²) in [6.45, 7) is 12.2. The van der Waals surface area contributed by atoms with E-state index in [-0.39, 0.29) is 0 Å². The van der Waals surface area contributed by atoms with Gasteiger partial charge in [-0.3, -0.25) is 0 Å². The van der Waals surface area contributed by atoms with Gasteiger partial charge in [0.05, 0.1) is 0 Å². The second-order valence-electron chi connectivity index (χ2n) is 3.67. The summed E-state index contributed by atoms with van der Waals surface area (Å²) in [7, 11) is 0. The van der Waals surface area contributed by atoms with Gasteiger partial charge >= 0.3 is 0 Å². The average molecular weight is 214 g/mol. The van der Waals surface area contributed by atoms with Crippen molar-refractivity contribution in [3.63, 3.8) is 0 Å². The molecule has 0 N–H and O–H groups in total. The molecule has 0 aromatic heterocycles. The summed E-state index contributed by atoms with van der Waals surface area (Å²) in [5.74, 6) is 0. The molecule has 0 fully saturated rings. The van der Waals surface area contributed by atoms with Gasteiger partial charge in [0.15, 0.2) is 0 Å². The molecule has 0 aliphatic carbocycles. The predicted octanol–water partition coefficient (Wildman–Crippen LogP) is 4.97. The second kappa shape index (κ2) is 19.3. The molecule has 0 aliphatic rings. The molecule has 0 heterocycles. The van der Waals surface area contributed by atoms with E-state index in [2.05, 4.69) is 27.0 Å². The molecule has 0 rings (SSSR count). The first-order valence-corrected chi connectivity index (χ1v) is 6.49. The van der Waals surface area contributed by atoms with E-state index in [1.54, 1.807) is 0 Å². The van der Waals surface area contributed by atoms with Gasteiger partial charge in [-0.15, -0.1) is 13.2 Å². The molecule has 15 heavy (non-hydrogen) atoms.